The van der Waals surface area contributed by atoms with Crippen LogP contribution >= 0.6 is 0 Å². The molecule has 2 N–H and O–H groups in total. The molecular formula is C16H19F3N4O2. The van der Waals surface area contributed by atoms with E-state index < -0.39 is 24.2 Å². The van der Waals surface area contributed by atoms with E-state index in [-0.39, 0.29) is 24.0 Å². The number of carbonyl (C=O) groups is 1. The van der Waals surface area contributed by atoms with Crippen LogP contribution in [0.5, 0.6) is 0 Å². The molecule has 3 atom stereocenters. The van der Waals surface area contributed by atoms with Gasteiger partial charge in [0.05, 0.1) is 12.3 Å². The van der Waals surface area contributed by atoms with Gasteiger partial charge in [0.15, 0.2) is 11.7 Å². The van der Waals surface area contributed by atoms with E-state index in [0.29, 0.717) is 12.2 Å². The van der Waals surface area contributed by atoms with Crippen molar-refractivity contribution < 1.29 is 22.4 Å². The Kier molecular flexibility index (Phi) is 4.49. The molecule has 0 fully saturated rings. The van der Waals surface area contributed by atoms with Crippen LogP contribution in [0.25, 0.3) is 0 Å². The van der Waals surface area contributed by atoms with Crippen LogP contribution < -0.4 is 10.6 Å². The van der Waals surface area contributed by atoms with Gasteiger partial charge in [0.2, 0.25) is 0 Å². The third-order valence-electron chi connectivity index (χ3n) is 4.30. The number of carbonyl (C=O) groups excluding carboxylic acids is 1. The highest BCUT2D eigenvalue weighted by atomic mass is 19.4. The fourth-order valence-corrected chi connectivity index (χ4v) is 2.76. The number of nitrogens with one attached hydrogen (secondary N) is 2. The molecule has 0 saturated heterocycles. The summed E-state index contributed by atoms with van der Waals surface area (Å²) < 4.78 is 46.5. The van der Waals surface area contributed by atoms with Crippen molar-refractivity contribution in [3.63, 3.8) is 0 Å². The average molecular weight is 356 g/mol. The summed E-state index contributed by atoms with van der Waals surface area (Å²) in [5.41, 5.74) is -0.0443. The third-order valence-corrected chi connectivity index (χ3v) is 4.30. The fraction of sp³-hybridized carbons (Fsp3) is 0.500. The first-order valence-corrected chi connectivity index (χ1v) is 8.06. The molecule has 9 heteroatoms. The summed E-state index contributed by atoms with van der Waals surface area (Å²) in [4.78, 5) is 12.2. The second-order valence-corrected chi connectivity index (χ2v) is 6.15. The highest BCUT2D eigenvalue weighted by molar-refractivity contribution is 5.93. The van der Waals surface area contributed by atoms with E-state index in [4.69, 9.17) is 4.42 Å². The highest BCUT2D eigenvalue weighted by Crippen LogP contribution is 2.43. The van der Waals surface area contributed by atoms with Gasteiger partial charge in [-0.25, -0.2) is 4.68 Å². The lowest BCUT2D eigenvalue weighted by Crippen LogP contribution is -2.36. The zero-order valence-electron chi connectivity index (χ0n) is 13.8. The van der Waals surface area contributed by atoms with E-state index in [1.165, 1.54) is 12.3 Å². The number of aromatic nitrogens is 2. The number of hydrogen-bond donors (Lipinski definition) is 2. The number of fused-ring (bicyclic) bond motifs is 1. The van der Waals surface area contributed by atoms with Crippen LogP contribution in [-0.4, -0.2) is 27.9 Å². The van der Waals surface area contributed by atoms with Crippen LogP contribution in [0, 0.1) is 0 Å². The molecule has 2 aromatic heterocycles. The van der Waals surface area contributed by atoms with Crippen molar-refractivity contribution in [2.24, 2.45) is 0 Å². The summed E-state index contributed by atoms with van der Waals surface area (Å²) in [6.45, 7) is 3.72. The molecule has 3 heterocycles. The molecule has 25 heavy (non-hydrogen) atoms. The van der Waals surface area contributed by atoms with Crippen LogP contribution in [0.3, 0.4) is 0 Å². The first kappa shape index (κ1) is 17.4. The van der Waals surface area contributed by atoms with Crippen LogP contribution in [-0.2, 0) is 0 Å². The molecule has 3 rings (SSSR count). The van der Waals surface area contributed by atoms with Gasteiger partial charge in [0.1, 0.15) is 11.6 Å². The SMILES string of the molecule is CC[C@H](C)NC(=O)c1cc2n(n1)[C@H](C(F)(F)F)C[C@@H](c1ccco1)N2. The molecule has 136 valence electrons. The minimum Gasteiger partial charge on any atom is -0.467 e. The topological polar surface area (TPSA) is 72.1 Å². The summed E-state index contributed by atoms with van der Waals surface area (Å²) in [5, 5.41) is 9.57. The van der Waals surface area contributed by atoms with Gasteiger partial charge in [-0.05, 0) is 25.5 Å². The monoisotopic (exact) mass is 356 g/mol. The van der Waals surface area contributed by atoms with Crippen molar-refractivity contribution in [2.75, 3.05) is 5.32 Å². The predicted octanol–water partition coefficient (Wildman–Crippen LogP) is 3.66. The Morgan fingerprint density at radius 3 is 2.92 bits per heavy atom. The molecule has 0 unspecified atom stereocenters. The van der Waals surface area contributed by atoms with Crippen molar-refractivity contribution in [3.05, 3.63) is 35.9 Å². The molecule has 0 saturated carbocycles. The molecule has 0 radical (unpaired) electrons. The number of nitrogens with zero attached hydrogens (tertiary/aromatic N) is 2. The number of alkyl halides is 3. The summed E-state index contributed by atoms with van der Waals surface area (Å²) in [5.74, 6) is 0.0603. The lowest BCUT2D eigenvalue weighted by atomic mass is 10.0. The smallest absolute Gasteiger partial charge is 0.410 e. The number of furan rings is 1. The Morgan fingerprint density at radius 1 is 1.56 bits per heavy atom. The predicted molar refractivity (Wildman–Crippen MR) is 84.2 cm³/mol. The molecule has 1 aliphatic rings. The first-order valence-electron chi connectivity index (χ1n) is 8.06. The standard InChI is InChI=1S/C16H19F3N4O2/c1-3-9(2)20-15(24)11-8-14-21-10(12-5-4-6-25-12)7-13(16(17,18)19)23(14)22-11/h4-6,8-10,13,21H,3,7H2,1-2H3,(H,20,24)/t9-,10-,13-/m0/s1. The maximum absolute atomic E-state index is 13.5. The van der Waals surface area contributed by atoms with Crippen LogP contribution in [0.4, 0.5) is 19.0 Å². The van der Waals surface area contributed by atoms with E-state index in [2.05, 4.69) is 15.7 Å². The molecule has 2 aromatic rings. The van der Waals surface area contributed by atoms with Gasteiger partial charge in [0, 0.05) is 18.5 Å². The van der Waals surface area contributed by atoms with Crippen molar-refractivity contribution in [1.29, 1.82) is 0 Å². The van der Waals surface area contributed by atoms with Gasteiger partial charge < -0.3 is 15.1 Å². The Labute approximate surface area is 142 Å². The fourth-order valence-electron chi connectivity index (χ4n) is 2.76. The van der Waals surface area contributed by atoms with Crippen LogP contribution in [0.1, 0.15) is 55.0 Å². The minimum absolute atomic E-state index is 0.0443. The molecule has 6 nitrogen and oxygen atoms in total. The molecule has 1 amide bonds. The van der Waals surface area contributed by atoms with Gasteiger partial charge in [0.25, 0.3) is 5.91 Å². The third kappa shape index (κ3) is 3.49. The number of rotatable bonds is 4. The maximum atomic E-state index is 13.5. The van der Waals surface area contributed by atoms with E-state index >= 15 is 0 Å². The summed E-state index contributed by atoms with van der Waals surface area (Å²) in [6.07, 6.45) is -2.63. The van der Waals surface area contributed by atoms with E-state index in [0.717, 1.165) is 4.68 Å². The van der Waals surface area contributed by atoms with Crippen LogP contribution in [0.2, 0.25) is 0 Å². The molecular weight excluding hydrogens is 337 g/mol. The molecule has 0 aliphatic carbocycles. The maximum Gasteiger partial charge on any atom is 0.410 e. The van der Waals surface area contributed by atoms with Gasteiger partial charge in [-0.3, -0.25) is 4.79 Å². The highest BCUT2D eigenvalue weighted by Gasteiger charge is 2.47. The number of hydrogen-bond acceptors (Lipinski definition) is 4. The van der Waals surface area contributed by atoms with Crippen molar-refractivity contribution in [1.82, 2.24) is 15.1 Å². The van der Waals surface area contributed by atoms with Crippen molar-refractivity contribution in [3.8, 4) is 0 Å². The summed E-state index contributed by atoms with van der Waals surface area (Å²) in [7, 11) is 0. The zero-order valence-corrected chi connectivity index (χ0v) is 13.8. The zero-order chi connectivity index (χ0) is 18.2. The van der Waals surface area contributed by atoms with Crippen molar-refractivity contribution in [2.45, 2.75) is 51.0 Å². The van der Waals surface area contributed by atoms with E-state index in [1.54, 1.807) is 12.1 Å². The minimum atomic E-state index is -4.49. The Morgan fingerprint density at radius 2 is 2.32 bits per heavy atom. The largest absolute Gasteiger partial charge is 0.467 e. The van der Waals surface area contributed by atoms with Gasteiger partial charge in [-0.2, -0.15) is 18.3 Å². The number of anilines is 1. The Balaban J connectivity index is 1.92. The molecule has 1 aliphatic heterocycles. The van der Waals surface area contributed by atoms with E-state index in [1.807, 2.05) is 13.8 Å². The molecule has 0 aromatic carbocycles. The molecule has 0 bridgehead atoms. The normalized spacial score (nSPS) is 21.3. The second kappa shape index (κ2) is 6.45. The van der Waals surface area contributed by atoms with Crippen LogP contribution in [0.15, 0.2) is 28.9 Å². The summed E-state index contributed by atoms with van der Waals surface area (Å²) >= 11 is 0. The lowest BCUT2D eigenvalue weighted by molar-refractivity contribution is -0.174. The first-order chi connectivity index (χ1) is 11.8. The molecule has 0 spiro atoms. The lowest BCUT2D eigenvalue weighted by Gasteiger charge is -2.32. The number of amides is 1. The van der Waals surface area contributed by atoms with E-state index in [9.17, 15) is 18.0 Å². The van der Waals surface area contributed by atoms with Crippen molar-refractivity contribution >= 4 is 11.7 Å². The number of halogens is 3. The van der Waals surface area contributed by atoms with Gasteiger partial charge >= 0.3 is 6.18 Å². The van der Waals surface area contributed by atoms with Gasteiger partial charge in [-0.1, -0.05) is 6.92 Å². The van der Waals surface area contributed by atoms with Gasteiger partial charge in [-0.15, -0.1) is 0 Å². The quantitative estimate of drug-likeness (QED) is 0.877. The average Bonchev–Trinajstić information content (AvgIpc) is 3.21. The second-order valence-electron chi connectivity index (χ2n) is 6.15. The Hall–Kier alpha value is -2.45. The Bertz CT molecular complexity index is 739. The summed E-state index contributed by atoms with van der Waals surface area (Å²) in [6, 6.07) is 2.02.